The SMILES string of the molecule is CCC[C@H](O)[C@H](C)CCCC(C)C. The Hall–Kier alpha value is -0.0400. The zero-order valence-corrected chi connectivity index (χ0v) is 9.71. The van der Waals surface area contributed by atoms with Crippen molar-refractivity contribution in [3.8, 4) is 0 Å². The monoisotopic (exact) mass is 186 g/mol. The molecule has 0 aliphatic carbocycles. The topological polar surface area (TPSA) is 20.2 Å². The van der Waals surface area contributed by atoms with Gasteiger partial charge in [-0.05, 0) is 24.7 Å². The third-order valence-corrected chi connectivity index (χ3v) is 2.68. The number of hydrogen-bond acceptors (Lipinski definition) is 1. The van der Waals surface area contributed by atoms with Crippen molar-refractivity contribution in [2.24, 2.45) is 11.8 Å². The molecule has 0 spiro atoms. The number of hydrogen-bond donors (Lipinski definition) is 1. The molecule has 0 radical (unpaired) electrons. The number of aliphatic hydroxyl groups excluding tert-OH is 1. The molecule has 13 heavy (non-hydrogen) atoms. The van der Waals surface area contributed by atoms with Crippen molar-refractivity contribution in [1.82, 2.24) is 0 Å². The largest absolute Gasteiger partial charge is 0.393 e. The van der Waals surface area contributed by atoms with Crippen molar-refractivity contribution in [3.05, 3.63) is 0 Å². The van der Waals surface area contributed by atoms with Gasteiger partial charge >= 0.3 is 0 Å². The van der Waals surface area contributed by atoms with Crippen molar-refractivity contribution in [1.29, 1.82) is 0 Å². The second-order valence-electron chi connectivity index (χ2n) is 4.66. The molecular formula is C12H26O. The van der Waals surface area contributed by atoms with Gasteiger partial charge in [-0.2, -0.15) is 0 Å². The molecule has 0 saturated heterocycles. The first-order valence-electron chi connectivity index (χ1n) is 5.76. The highest BCUT2D eigenvalue weighted by atomic mass is 16.3. The molecule has 1 N–H and O–H groups in total. The maximum Gasteiger partial charge on any atom is 0.0565 e. The van der Waals surface area contributed by atoms with Gasteiger partial charge in [0.1, 0.15) is 0 Å². The normalized spacial score (nSPS) is 16.2. The Balaban J connectivity index is 3.43. The molecular weight excluding hydrogens is 160 g/mol. The fourth-order valence-electron chi connectivity index (χ4n) is 1.62. The van der Waals surface area contributed by atoms with Crippen LogP contribution in [0.4, 0.5) is 0 Å². The molecule has 0 aromatic rings. The highest BCUT2D eigenvalue weighted by Gasteiger charge is 2.12. The first kappa shape index (κ1) is 13.0. The first-order valence-corrected chi connectivity index (χ1v) is 5.76. The third kappa shape index (κ3) is 7.06. The minimum absolute atomic E-state index is 0.0721. The molecule has 0 saturated carbocycles. The Morgan fingerprint density at radius 2 is 1.62 bits per heavy atom. The summed E-state index contributed by atoms with van der Waals surface area (Å²) in [6, 6.07) is 0. The Kier molecular flexibility index (Phi) is 7.35. The fraction of sp³-hybridized carbons (Fsp3) is 1.00. The molecule has 0 bridgehead atoms. The molecule has 0 fully saturated rings. The summed E-state index contributed by atoms with van der Waals surface area (Å²) in [5.41, 5.74) is 0. The van der Waals surface area contributed by atoms with E-state index in [9.17, 15) is 5.11 Å². The van der Waals surface area contributed by atoms with E-state index in [1.54, 1.807) is 0 Å². The Bertz CT molecular complexity index is 110. The van der Waals surface area contributed by atoms with Gasteiger partial charge in [-0.3, -0.25) is 0 Å². The van der Waals surface area contributed by atoms with Crippen molar-refractivity contribution < 1.29 is 5.11 Å². The predicted molar refractivity (Wildman–Crippen MR) is 58.8 cm³/mol. The molecule has 1 heteroatoms. The van der Waals surface area contributed by atoms with Gasteiger partial charge in [-0.25, -0.2) is 0 Å². The molecule has 0 aromatic carbocycles. The highest BCUT2D eigenvalue weighted by Crippen LogP contribution is 2.17. The average Bonchev–Trinajstić information content (AvgIpc) is 2.04. The quantitative estimate of drug-likeness (QED) is 0.644. The summed E-state index contributed by atoms with van der Waals surface area (Å²) < 4.78 is 0. The molecule has 0 aromatic heterocycles. The summed E-state index contributed by atoms with van der Waals surface area (Å²) in [6.07, 6.45) is 5.72. The van der Waals surface area contributed by atoms with Gasteiger partial charge in [-0.1, -0.05) is 47.0 Å². The van der Waals surface area contributed by atoms with Gasteiger partial charge in [0.2, 0.25) is 0 Å². The lowest BCUT2D eigenvalue weighted by Crippen LogP contribution is -2.17. The highest BCUT2D eigenvalue weighted by molar-refractivity contribution is 4.64. The van der Waals surface area contributed by atoms with E-state index in [-0.39, 0.29) is 6.10 Å². The third-order valence-electron chi connectivity index (χ3n) is 2.68. The lowest BCUT2D eigenvalue weighted by atomic mass is 9.93. The van der Waals surface area contributed by atoms with Gasteiger partial charge in [0.15, 0.2) is 0 Å². The molecule has 0 heterocycles. The second kappa shape index (κ2) is 7.37. The van der Waals surface area contributed by atoms with Crippen LogP contribution in [0.5, 0.6) is 0 Å². The fourth-order valence-corrected chi connectivity index (χ4v) is 1.62. The minimum atomic E-state index is -0.0721. The molecule has 0 aliphatic heterocycles. The molecule has 0 amide bonds. The van der Waals surface area contributed by atoms with Crippen LogP contribution in [0.1, 0.15) is 59.8 Å². The Labute approximate surface area is 83.5 Å². The molecule has 1 nitrogen and oxygen atoms in total. The van der Waals surface area contributed by atoms with E-state index in [4.69, 9.17) is 0 Å². The molecule has 0 unspecified atom stereocenters. The van der Waals surface area contributed by atoms with Crippen LogP contribution in [0.2, 0.25) is 0 Å². The number of aliphatic hydroxyl groups is 1. The molecule has 0 rings (SSSR count). The minimum Gasteiger partial charge on any atom is -0.393 e. The summed E-state index contributed by atoms with van der Waals surface area (Å²) in [4.78, 5) is 0. The molecule has 2 atom stereocenters. The number of rotatable bonds is 7. The van der Waals surface area contributed by atoms with Crippen LogP contribution in [0.15, 0.2) is 0 Å². The lowest BCUT2D eigenvalue weighted by molar-refractivity contribution is 0.100. The van der Waals surface area contributed by atoms with Gasteiger partial charge in [0.25, 0.3) is 0 Å². The second-order valence-corrected chi connectivity index (χ2v) is 4.66. The van der Waals surface area contributed by atoms with Gasteiger partial charge in [-0.15, -0.1) is 0 Å². The Morgan fingerprint density at radius 3 is 2.08 bits per heavy atom. The zero-order chi connectivity index (χ0) is 10.3. The maximum atomic E-state index is 9.68. The van der Waals surface area contributed by atoms with E-state index in [2.05, 4.69) is 27.7 Å². The van der Waals surface area contributed by atoms with Crippen LogP contribution >= 0.6 is 0 Å². The zero-order valence-electron chi connectivity index (χ0n) is 9.71. The van der Waals surface area contributed by atoms with Gasteiger partial charge in [0.05, 0.1) is 6.10 Å². The van der Waals surface area contributed by atoms with Crippen LogP contribution < -0.4 is 0 Å². The lowest BCUT2D eigenvalue weighted by Gasteiger charge is -2.18. The summed E-state index contributed by atoms with van der Waals surface area (Å²) in [6.45, 7) is 8.81. The van der Waals surface area contributed by atoms with E-state index in [1.165, 1.54) is 19.3 Å². The van der Waals surface area contributed by atoms with E-state index in [0.29, 0.717) is 5.92 Å². The van der Waals surface area contributed by atoms with E-state index in [0.717, 1.165) is 18.8 Å². The molecule has 80 valence electrons. The predicted octanol–water partition coefficient (Wildman–Crippen LogP) is 3.61. The van der Waals surface area contributed by atoms with Crippen molar-refractivity contribution in [2.75, 3.05) is 0 Å². The van der Waals surface area contributed by atoms with Gasteiger partial charge < -0.3 is 5.11 Å². The average molecular weight is 186 g/mol. The smallest absolute Gasteiger partial charge is 0.0565 e. The van der Waals surface area contributed by atoms with E-state index < -0.39 is 0 Å². The maximum absolute atomic E-state index is 9.68. The van der Waals surface area contributed by atoms with Gasteiger partial charge in [0, 0.05) is 0 Å². The van der Waals surface area contributed by atoms with Crippen molar-refractivity contribution >= 4 is 0 Å². The summed E-state index contributed by atoms with van der Waals surface area (Å²) in [7, 11) is 0. The van der Waals surface area contributed by atoms with E-state index >= 15 is 0 Å². The molecule has 0 aliphatic rings. The van der Waals surface area contributed by atoms with Crippen molar-refractivity contribution in [2.45, 2.75) is 65.9 Å². The van der Waals surface area contributed by atoms with Crippen LogP contribution in [-0.2, 0) is 0 Å². The summed E-state index contributed by atoms with van der Waals surface area (Å²) >= 11 is 0. The standard InChI is InChI=1S/C12H26O/c1-5-7-12(13)11(4)9-6-8-10(2)3/h10-13H,5-9H2,1-4H3/t11-,12+/m1/s1. The van der Waals surface area contributed by atoms with Crippen molar-refractivity contribution in [3.63, 3.8) is 0 Å². The van der Waals surface area contributed by atoms with Crippen LogP contribution in [0.25, 0.3) is 0 Å². The first-order chi connectivity index (χ1) is 6.07. The van der Waals surface area contributed by atoms with E-state index in [1.807, 2.05) is 0 Å². The van der Waals surface area contributed by atoms with Crippen LogP contribution in [0, 0.1) is 11.8 Å². The summed E-state index contributed by atoms with van der Waals surface area (Å²) in [5.74, 6) is 1.29. The Morgan fingerprint density at radius 1 is 1.00 bits per heavy atom. The van der Waals surface area contributed by atoms with Crippen LogP contribution in [-0.4, -0.2) is 11.2 Å². The van der Waals surface area contributed by atoms with Crippen LogP contribution in [0.3, 0.4) is 0 Å². The summed E-state index contributed by atoms with van der Waals surface area (Å²) in [5, 5.41) is 9.68.